The summed E-state index contributed by atoms with van der Waals surface area (Å²) in [4.78, 5) is 22.6. The summed E-state index contributed by atoms with van der Waals surface area (Å²) in [5.41, 5.74) is 2.86. The Bertz CT molecular complexity index is 1260. The number of hydrogen-bond donors (Lipinski definition) is 0. The molecule has 1 amide bonds. The maximum Gasteiger partial charge on any atom is 0.241 e. The van der Waals surface area contributed by atoms with Gasteiger partial charge in [0, 0.05) is 22.7 Å². The highest BCUT2D eigenvalue weighted by molar-refractivity contribution is 7.09. The number of anilines is 1. The molecule has 4 aromatic rings. The lowest BCUT2D eigenvalue weighted by Gasteiger charge is -2.29. The van der Waals surface area contributed by atoms with E-state index in [1.807, 2.05) is 59.8 Å². The zero-order valence-corrected chi connectivity index (χ0v) is 20.5. The van der Waals surface area contributed by atoms with E-state index in [1.165, 1.54) is 6.33 Å². The first-order valence-electron chi connectivity index (χ1n) is 11.5. The summed E-state index contributed by atoms with van der Waals surface area (Å²) < 4.78 is 13.1. The molecule has 1 atom stereocenters. The molecule has 9 heteroatoms. The van der Waals surface area contributed by atoms with Crippen molar-refractivity contribution in [3.8, 4) is 17.2 Å². The molecule has 5 rings (SSSR count). The lowest BCUT2D eigenvalue weighted by Crippen LogP contribution is -2.39. The van der Waals surface area contributed by atoms with Crippen LogP contribution < -0.4 is 14.4 Å². The van der Waals surface area contributed by atoms with Crippen molar-refractivity contribution in [2.75, 3.05) is 31.7 Å². The number of hydrogen-bond acceptors (Lipinski definition) is 7. The van der Waals surface area contributed by atoms with E-state index in [0.29, 0.717) is 31.3 Å². The van der Waals surface area contributed by atoms with Crippen LogP contribution in [0.2, 0.25) is 0 Å². The average molecular weight is 490 g/mol. The van der Waals surface area contributed by atoms with Gasteiger partial charge < -0.3 is 14.4 Å². The zero-order valence-electron chi connectivity index (χ0n) is 19.7. The summed E-state index contributed by atoms with van der Waals surface area (Å²) in [6.07, 6.45) is 3.18. The van der Waals surface area contributed by atoms with Crippen LogP contribution in [0.5, 0.6) is 11.5 Å². The predicted molar refractivity (Wildman–Crippen MR) is 135 cm³/mol. The van der Waals surface area contributed by atoms with E-state index in [0.717, 1.165) is 21.8 Å². The third-order valence-electron chi connectivity index (χ3n) is 6.14. The third-order valence-corrected chi connectivity index (χ3v) is 7.00. The number of benzene rings is 2. The molecule has 0 radical (unpaired) electrons. The van der Waals surface area contributed by atoms with Gasteiger partial charge in [-0.05, 0) is 55.2 Å². The maximum atomic E-state index is 13.6. The zero-order chi connectivity index (χ0) is 24.2. The molecule has 2 aromatic heterocycles. The van der Waals surface area contributed by atoms with Crippen molar-refractivity contribution in [3.05, 3.63) is 83.1 Å². The highest BCUT2D eigenvalue weighted by Gasteiger charge is 2.23. The lowest BCUT2D eigenvalue weighted by molar-refractivity contribution is -0.120. The Morgan fingerprint density at radius 2 is 1.91 bits per heavy atom. The number of rotatable bonds is 8. The van der Waals surface area contributed by atoms with Crippen molar-refractivity contribution in [1.82, 2.24) is 19.7 Å². The van der Waals surface area contributed by atoms with Crippen LogP contribution in [0.25, 0.3) is 5.69 Å². The molecule has 0 aliphatic carbocycles. The van der Waals surface area contributed by atoms with Gasteiger partial charge in [-0.1, -0.05) is 18.2 Å². The van der Waals surface area contributed by atoms with Gasteiger partial charge in [0.05, 0.1) is 18.8 Å². The van der Waals surface area contributed by atoms with E-state index in [4.69, 9.17) is 9.47 Å². The van der Waals surface area contributed by atoms with Gasteiger partial charge in [0.15, 0.2) is 11.5 Å². The van der Waals surface area contributed by atoms with Crippen LogP contribution in [0.4, 0.5) is 5.69 Å². The number of amides is 1. The fourth-order valence-electron chi connectivity index (χ4n) is 4.02. The van der Waals surface area contributed by atoms with Crippen molar-refractivity contribution < 1.29 is 14.3 Å². The lowest BCUT2D eigenvalue weighted by atomic mass is 10.1. The molecule has 0 saturated carbocycles. The Balaban J connectivity index is 1.32. The van der Waals surface area contributed by atoms with E-state index in [2.05, 4.69) is 34.0 Å². The summed E-state index contributed by atoms with van der Waals surface area (Å²) >= 11 is 1.64. The first-order chi connectivity index (χ1) is 17.1. The summed E-state index contributed by atoms with van der Waals surface area (Å²) in [6, 6.07) is 17.9. The van der Waals surface area contributed by atoms with Crippen LogP contribution in [0.15, 0.2) is 72.6 Å². The van der Waals surface area contributed by atoms with Gasteiger partial charge in [-0.3, -0.25) is 9.69 Å². The number of nitrogens with zero attached hydrogens (tertiary/aromatic N) is 5. The first kappa shape index (κ1) is 23.1. The van der Waals surface area contributed by atoms with Gasteiger partial charge in [0.2, 0.25) is 5.91 Å². The Labute approximate surface area is 208 Å². The molecule has 1 unspecified atom stereocenters. The van der Waals surface area contributed by atoms with E-state index in [-0.39, 0.29) is 18.5 Å². The van der Waals surface area contributed by atoms with Gasteiger partial charge in [-0.2, -0.15) is 5.10 Å². The van der Waals surface area contributed by atoms with Crippen molar-refractivity contribution in [1.29, 1.82) is 0 Å². The topological polar surface area (TPSA) is 72.7 Å². The third kappa shape index (κ3) is 5.21. The number of carbonyl (C=O) groups is 1. The number of carbonyl (C=O) groups excluding carboxylic acids is 1. The van der Waals surface area contributed by atoms with Gasteiger partial charge in [-0.15, -0.1) is 11.3 Å². The minimum atomic E-state index is 0.0173. The number of fused-ring (bicyclic) bond motifs is 1. The van der Waals surface area contributed by atoms with Crippen molar-refractivity contribution in [3.63, 3.8) is 0 Å². The molecule has 180 valence electrons. The summed E-state index contributed by atoms with van der Waals surface area (Å²) in [5, 5.41) is 6.20. The highest BCUT2D eigenvalue weighted by atomic mass is 32.1. The monoisotopic (exact) mass is 489 g/mol. The van der Waals surface area contributed by atoms with E-state index < -0.39 is 0 Å². The normalized spacial score (nSPS) is 13.6. The second-order valence-corrected chi connectivity index (χ2v) is 9.44. The summed E-state index contributed by atoms with van der Waals surface area (Å²) in [7, 11) is 1.97. The molecule has 3 heterocycles. The smallest absolute Gasteiger partial charge is 0.241 e. The van der Waals surface area contributed by atoms with Gasteiger partial charge in [0.1, 0.15) is 25.9 Å². The van der Waals surface area contributed by atoms with Crippen molar-refractivity contribution in [2.45, 2.75) is 19.5 Å². The second-order valence-electron chi connectivity index (χ2n) is 8.41. The maximum absolute atomic E-state index is 13.6. The molecule has 2 aromatic carbocycles. The van der Waals surface area contributed by atoms with E-state index in [1.54, 1.807) is 22.3 Å². The second kappa shape index (κ2) is 10.3. The molecular weight excluding hydrogens is 462 g/mol. The first-order valence-corrected chi connectivity index (χ1v) is 12.3. The van der Waals surface area contributed by atoms with Crippen LogP contribution >= 0.6 is 11.3 Å². The van der Waals surface area contributed by atoms with E-state index >= 15 is 0 Å². The van der Waals surface area contributed by atoms with Crippen LogP contribution in [0, 0.1) is 0 Å². The van der Waals surface area contributed by atoms with Crippen LogP contribution in [-0.2, 0) is 11.3 Å². The quantitative estimate of drug-likeness (QED) is 0.367. The number of likely N-dealkylation sites (N-methyl/N-ethyl adjacent to an activating group) is 1. The van der Waals surface area contributed by atoms with Crippen molar-refractivity contribution in [2.24, 2.45) is 0 Å². The number of thiophene rings is 1. The SMILES string of the molecule is CC(c1ccc(-n2cncn2)cc1)N(C)CC(=O)N(Cc1cccs1)c1ccc2c(c1)OCCO2. The van der Waals surface area contributed by atoms with Gasteiger partial charge in [0.25, 0.3) is 0 Å². The number of ether oxygens (including phenoxy) is 2. The van der Waals surface area contributed by atoms with Crippen LogP contribution in [-0.4, -0.2) is 52.4 Å². The largest absolute Gasteiger partial charge is 0.486 e. The minimum Gasteiger partial charge on any atom is -0.486 e. The summed E-state index contributed by atoms with van der Waals surface area (Å²) in [6.45, 7) is 3.92. The van der Waals surface area contributed by atoms with E-state index in [9.17, 15) is 4.79 Å². The fraction of sp³-hybridized carbons (Fsp3) is 0.269. The Kier molecular flexibility index (Phi) is 6.78. The van der Waals surface area contributed by atoms with Crippen molar-refractivity contribution >= 4 is 22.9 Å². The predicted octanol–water partition coefficient (Wildman–Crippen LogP) is 4.33. The van der Waals surface area contributed by atoms with Crippen LogP contribution in [0.3, 0.4) is 0 Å². The fourth-order valence-corrected chi connectivity index (χ4v) is 4.71. The molecule has 0 N–H and O–H groups in total. The number of aromatic nitrogens is 3. The molecule has 0 fully saturated rings. The molecule has 35 heavy (non-hydrogen) atoms. The molecule has 1 aliphatic heterocycles. The van der Waals surface area contributed by atoms with Gasteiger partial charge in [-0.25, -0.2) is 9.67 Å². The molecule has 0 bridgehead atoms. The highest BCUT2D eigenvalue weighted by Crippen LogP contribution is 2.35. The molecule has 0 saturated heterocycles. The molecular formula is C26H27N5O3S. The minimum absolute atomic E-state index is 0.0173. The molecule has 8 nitrogen and oxygen atoms in total. The van der Waals surface area contributed by atoms with Gasteiger partial charge >= 0.3 is 0 Å². The Morgan fingerprint density at radius 1 is 1.11 bits per heavy atom. The standard InChI is InChI=1S/C26H27N5O3S/c1-19(20-5-7-21(8-6-20)31-18-27-17-28-31)29(2)16-26(32)30(15-23-4-3-13-35-23)22-9-10-24-25(14-22)34-12-11-33-24/h3-10,13-14,17-19H,11-12,15-16H2,1-2H3. The molecule has 1 aliphatic rings. The summed E-state index contributed by atoms with van der Waals surface area (Å²) in [5.74, 6) is 1.40. The Morgan fingerprint density at radius 3 is 2.63 bits per heavy atom. The average Bonchev–Trinajstić information content (AvgIpc) is 3.61. The molecule has 0 spiro atoms. The Hall–Kier alpha value is -3.69. The van der Waals surface area contributed by atoms with Crippen LogP contribution in [0.1, 0.15) is 23.4 Å².